The number of hydrogen-bond donors (Lipinski definition) is 1. The van der Waals surface area contributed by atoms with Crippen LogP contribution in [-0.4, -0.2) is 17.0 Å². The van der Waals surface area contributed by atoms with Crippen LogP contribution in [-0.2, 0) is 0 Å². The van der Waals surface area contributed by atoms with Gasteiger partial charge in [-0.3, -0.25) is 0 Å². The summed E-state index contributed by atoms with van der Waals surface area (Å²) in [5.41, 5.74) is 0. The van der Waals surface area contributed by atoms with Gasteiger partial charge < -0.3 is 5.32 Å². The van der Waals surface area contributed by atoms with Gasteiger partial charge in [-0.2, -0.15) is 0 Å². The van der Waals surface area contributed by atoms with Crippen molar-refractivity contribution in [3.63, 3.8) is 0 Å². The van der Waals surface area contributed by atoms with Crippen molar-refractivity contribution in [2.75, 3.05) is 11.0 Å². The minimum absolute atomic E-state index is 0.669. The van der Waals surface area contributed by atoms with E-state index in [2.05, 4.69) is 48.7 Å². The minimum atomic E-state index is 0.669. The minimum Gasteiger partial charge on any atom is -0.314 e. The van der Waals surface area contributed by atoms with E-state index in [0.717, 1.165) is 5.92 Å². The van der Waals surface area contributed by atoms with Gasteiger partial charge in [-0.15, -0.1) is 0 Å². The van der Waals surface area contributed by atoms with Crippen molar-refractivity contribution in [1.29, 1.82) is 0 Å². The molecule has 0 aliphatic heterocycles. The quantitative estimate of drug-likeness (QED) is 0.452. The van der Waals surface area contributed by atoms with E-state index in [-0.39, 0.29) is 0 Å². The molecule has 1 atom stereocenters. The molecule has 1 N–H and O–H groups in total. The molecule has 0 heterocycles. The SMILES string of the molecule is CC(C)C(C)NCCCI. The first-order valence-electron chi connectivity index (χ1n) is 3.97. The van der Waals surface area contributed by atoms with Gasteiger partial charge in [0, 0.05) is 10.5 Å². The summed E-state index contributed by atoms with van der Waals surface area (Å²) >= 11 is 2.41. The fraction of sp³-hybridized carbons (Fsp3) is 1.00. The van der Waals surface area contributed by atoms with Gasteiger partial charge in [0.1, 0.15) is 0 Å². The van der Waals surface area contributed by atoms with Crippen LogP contribution in [0.3, 0.4) is 0 Å². The Kier molecular flexibility index (Phi) is 6.85. The predicted molar refractivity (Wildman–Crippen MR) is 55.8 cm³/mol. The Bertz CT molecular complexity index is 73.7. The number of halogens is 1. The molecule has 1 nitrogen and oxygen atoms in total. The van der Waals surface area contributed by atoms with E-state index in [1.54, 1.807) is 0 Å². The Morgan fingerprint density at radius 1 is 1.30 bits per heavy atom. The molecular formula is C8H18IN. The highest BCUT2D eigenvalue weighted by atomic mass is 127. The molecule has 0 aliphatic rings. The van der Waals surface area contributed by atoms with Crippen molar-refractivity contribution in [2.24, 2.45) is 5.92 Å². The number of nitrogens with one attached hydrogen (secondary N) is 1. The Labute approximate surface area is 78.1 Å². The van der Waals surface area contributed by atoms with Crippen LogP contribution in [0.25, 0.3) is 0 Å². The average molecular weight is 255 g/mol. The van der Waals surface area contributed by atoms with E-state index < -0.39 is 0 Å². The van der Waals surface area contributed by atoms with Gasteiger partial charge >= 0.3 is 0 Å². The lowest BCUT2D eigenvalue weighted by atomic mass is 10.1. The molecule has 0 radical (unpaired) electrons. The second-order valence-corrected chi connectivity index (χ2v) is 4.11. The van der Waals surface area contributed by atoms with Gasteiger partial charge in [0.15, 0.2) is 0 Å². The molecule has 0 rings (SSSR count). The molecule has 0 aromatic carbocycles. The average Bonchev–Trinajstić information content (AvgIpc) is 1.88. The first-order chi connectivity index (χ1) is 4.68. The van der Waals surface area contributed by atoms with E-state index in [4.69, 9.17) is 0 Å². The third-order valence-electron chi connectivity index (χ3n) is 1.78. The van der Waals surface area contributed by atoms with Crippen LogP contribution < -0.4 is 5.32 Å². The Hall–Kier alpha value is 0.690. The summed E-state index contributed by atoms with van der Waals surface area (Å²) in [7, 11) is 0. The van der Waals surface area contributed by atoms with E-state index >= 15 is 0 Å². The third kappa shape index (κ3) is 5.47. The Balaban J connectivity index is 3.13. The van der Waals surface area contributed by atoms with Crippen molar-refractivity contribution in [2.45, 2.75) is 33.2 Å². The van der Waals surface area contributed by atoms with Crippen LogP contribution in [0.4, 0.5) is 0 Å². The topological polar surface area (TPSA) is 12.0 Å². The van der Waals surface area contributed by atoms with E-state index in [1.807, 2.05) is 0 Å². The Morgan fingerprint density at radius 2 is 1.90 bits per heavy atom. The predicted octanol–water partition coefficient (Wildman–Crippen LogP) is 2.45. The number of rotatable bonds is 5. The molecule has 0 spiro atoms. The molecule has 0 amide bonds. The third-order valence-corrected chi connectivity index (χ3v) is 2.54. The summed E-state index contributed by atoms with van der Waals surface area (Å²) < 4.78 is 1.26. The van der Waals surface area contributed by atoms with Gasteiger partial charge in [-0.1, -0.05) is 36.4 Å². The standard InChI is InChI=1S/C8H18IN/c1-7(2)8(3)10-6-4-5-9/h7-8,10H,4-6H2,1-3H3. The fourth-order valence-electron chi connectivity index (χ4n) is 0.632. The van der Waals surface area contributed by atoms with E-state index in [1.165, 1.54) is 17.4 Å². The summed E-state index contributed by atoms with van der Waals surface area (Å²) in [4.78, 5) is 0. The first-order valence-corrected chi connectivity index (χ1v) is 5.50. The van der Waals surface area contributed by atoms with Gasteiger partial charge in [-0.05, 0) is 25.8 Å². The maximum Gasteiger partial charge on any atom is 0.00617 e. The van der Waals surface area contributed by atoms with Gasteiger partial charge in [0.05, 0.1) is 0 Å². The second kappa shape index (κ2) is 6.40. The van der Waals surface area contributed by atoms with Gasteiger partial charge in [0.2, 0.25) is 0 Å². The maximum atomic E-state index is 3.48. The normalized spacial score (nSPS) is 14.1. The molecular weight excluding hydrogens is 237 g/mol. The van der Waals surface area contributed by atoms with Crippen molar-refractivity contribution >= 4 is 22.6 Å². The van der Waals surface area contributed by atoms with Crippen LogP contribution in [0.2, 0.25) is 0 Å². The molecule has 0 saturated heterocycles. The molecule has 1 unspecified atom stereocenters. The van der Waals surface area contributed by atoms with Crippen molar-refractivity contribution < 1.29 is 0 Å². The van der Waals surface area contributed by atoms with Crippen LogP contribution in [0.5, 0.6) is 0 Å². The summed E-state index contributed by atoms with van der Waals surface area (Å²) in [6, 6.07) is 0.669. The summed E-state index contributed by atoms with van der Waals surface area (Å²) in [5, 5.41) is 3.48. The van der Waals surface area contributed by atoms with E-state index in [0.29, 0.717) is 6.04 Å². The van der Waals surface area contributed by atoms with Gasteiger partial charge in [0.25, 0.3) is 0 Å². The van der Waals surface area contributed by atoms with Crippen molar-refractivity contribution in [3.8, 4) is 0 Å². The van der Waals surface area contributed by atoms with Crippen molar-refractivity contribution in [1.82, 2.24) is 5.32 Å². The molecule has 0 aliphatic carbocycles. The fourth-order valence-corrected chi connectivity index (χ4v) is 1.01. The molecule has 10 heavy (non-hydrogen) atoms. The van der Waals surface area contributed by atoms with Crippen LogP contribution in [0.1, 0.15) is 27.2 Å². The highest BCUT2D eigenvalue weighted by Crippen LogP contribution is 1.99. The molecule has 2 heteroatoms. The summed E-state index contributed by atoms with van der Waals surface area (Å²) in [5.74, 6) is 0.759. The smallest absolute Gasteiger partial charge is 0.00617 e. The highest BCUT2D eigenvalue weighted by molar-refractivity contribution is 14.1. The lowest BCUT2D eigenvalue weighted by Crippen LogP contribution is -2.31. The lowest BCUT2D eigenvalue weighted by molar-refractivity contribution is 0.429. The first kappa shape index (κ1) is 10.7. The zero-order valence-electron chi connectivity index (χ0n) is 7.15. The maximum absolute atomic E-state index is 3.48. The number of alkyl halides is 1. The molecule has 0 aromatic heterocycles. The van der Waals surface area contributed by atoms with Gasteiger partial charge in [-0.25, -0.2) is 0 Å². The highest BCUT2D eigenvalue weighted by Gasteiger charge is 2.03. The number of hydrogen-bond acceptors (Lipinski definition) is 1. The lowest BCUT2D eigenvalue weighted by Gasteiger charge is -2.16. The summed E-state index contributed by atoms with van der Waals surface area (Å²) in [6.07, 6.45) is 1.29. The van der Waals surface area contributed by atoms with E-state index in [9.17, 15) is 0 Å². The summed E-state index contributed by atoms with van der Waals surface area (Å²) in [6.45, 7) is 7.92. The van der Waals surface area contributed by atoms with Crippen molar-refractivity contribution in [3.05, 3.63) is 0 Å². The molecule has 0 aromatic rings. The van der Waals surface area contributed by atoms with Crippen LogP contribution in [0.15, 0.2) is 0 Å². The molecule has 0 saturated carbocycles. The molecule has 0 bridgehead atoms. The Morgan fingerprint density at radius 3 is 2.30 bits per heavy atom. The van der Waals surface area contributed by atoms with Crippen LogP contribution >= 0.6 is 22.6 Å². The monoisotopic (exact) mass is 255 g/mol. The molecule has 0 fully saturated rings. The second-order valence-electron chi connectivity index (χ2n) is 3.03. The molecule has 62 valence electrons. The largest absolute Gasteiger partial charge is 0.314 e. The zero-order chi connectivity index (χ0) is 7.98. The zero-order valence-corrected chi connectivity index (χ0v) is 9.31. The van der Waals surface area contributed by atoms with Crippen LogP contribution in [0, 0.1) is 5.92 Å².